The number of thiophene rings is 2. The highest BCUT2D eigenvalue weighted by molar-refractivity contribution is 7.12. The third-order valence-corrected chi connectivity index (χ3v) is 9.73. The van der Waals surface area contributed by atoms with Crippen molar-refractivity contribution in [3.8, 4) is 0 Å². The molecule has 7 heteroatoms. The van der Waals surface area contributed by atoms with Gasteiger partial charge in [0.1, 0.15) is 11.5 Å². The minimum atomic E-state index is -1.26. The number of rotatable bonds is 4. The van der Waals surface area contributed by atoms with Gasteiger partial charge < -0.3 is 10.2 Å². The molecular weight excluding hydrogens is 500 g/mol. The lowest BCUT2D eigenvalue weighted by Gasteiger charge is -2.39. The van der Waals surface area contributed by atoms with E-state index in [9.17, 15) is 14.4 Å². The number of carbonyl (C=O) groups excluding carboxylic acids is 3. The number of ketones is 2. The van der Waals surface area contributed by atoms with Crippen molar-refractivity contribution in [1.29, 1.82) is 0 Å². The molecule has 1 amide bonds. The van der Waals surface area contributed by atoms with Crippen molar-refractivity contribution in [2.45, 2.75) is 24.4 Å². The third kappa shape index (κ3) is 2.92. The highest BCUT2D eigenvalue weighted by Crippen LogP contribution is 2.59. The smallest absolute Gasteiger partial charge is 0.238 e. The third-order valence-electron chi connectivity index (χ3n) is 7.96. The van der Waals surface area contributed by atoms with E-state index in [2.05, 4.69) is 16.3 Å². The van der Waals surface area contributed by atoms with Crippen LogP contribution in [-0.2, 0) is 10.2 Å². The van der Waals surface area contributed by atoms with Gasteiger partial charge in [0, 0.05) is 16.9 Å². The van der Waals surface area contributed by atoms with Crippen LogP contribution >= 0.6 is 22.7 Å². The van der Waals surface area contributed by atoms with E-state index in [4.69, 9.17) is 0 Å². The highest BCUT2D eigenvalue weighted by atomic mass is 32.1. The molecule has 37 heavy (non-hydrogen) atoms. The van der Waals surface area contributed by atoms with Gasteiger partial charge in [0.05, 0.1) is 21.7 Å². The summed E-state index contributed by atoms with van der Waals surface area (Å²) in [6.45, 7) is 2.03. The van der Waals surface area contributed by atoms with Crippen LogP contribution in [0.1, 0.15) is 37.4 Å². The van der Waals surface area contributed by atoms with Crippen LogP contribution in [0.3, 0.4) is 0 Å². The number of Topliss-reactive ketones (excluding diaryl/α,β-unsaturated/α-hetero) is 2. The Morgan fingerprint density at radius 2 is 1.54 bits per heavy atom. The van der Waals surface area contributed by atoms with Crippen LogP contribution in [0.25, 0.3) is 5.57 Å². The number of para-hydroxylation sites is 2. The molecule has 4 atom stereocenters. The van der Waals surface area contributed by atoms with Crippen LogP contribution in [-0.4, -0.2) is 29.6 Å². The number of nitrogens with one attached hydrogen (secondary N) is 1. The van der Waals surface area contributed by atoms with Crippen molar-refractivity contribution < 1.29 is 14.4 Å². The maximum atomic E-state index is 14.5. The van der Waals surface area contributed by atoms with Crippen molar-refractivity contribution in [3.05, 3.63) is 111 Å². The second kappa shape index (κ2) is 8.10. The molecule has 5 heterocycles. The topological polar surface area (TPSA) is 66.5 Å². The molecule has 5 nitrogen and oxygen atoms in total. The van der Waals surface area contributed by atoms with E-state index in [0.717, 1.165) is 22.4 Å². The lowest BCUT2D eigenvalue weighted by atomic mass is 9.64. The summed E-state index contributed by atoms with van der Waals surface area (Å²) in [7, 11) is 0. The Labute approximate surface area is 222 Å². The Balaban J connectivity index is 1.57. The number of benzene rings is 2. The van der Waals surface area contributed by atoms with Crippen molar-refractivity contribution in [3.63, 3.8) is 0 Å². The van der Waals surface area contributed by atoms with E-state index >= 15 is 0 Å². The molecule has 0 aliphatic carbocycles. The van der Waals surface area contributed by atoms with E-state index in [-0.39, 0.29) is 17.5 Å². The summed E-state index contributed by atoms with van der Waals surface area (Å²) in [6, 6.07) is 21.5. The van der Waals surface area contributed by atoms with Crippen molar-refractivity contribution >= 4 is 57.1 Å². The Bertz CT molecular complexity index is 1610. The summed E-state index contributed by atoms with van der Waals surface area (Å²) >= 11 is 2.72. The Hall–Kier alpha value is -3.81. The minimum Gasteiger partial charge on any atom is -0.352 e. The molecule has 3 aliphatic rings. The number of allylic oxidation sites excluding steroid dienone is 1. The summed E-state index contributed by atoms with van der Waals surface area (Å²) < 4.78 is 0. The largest absolute Gasteiger partial charge is 0.352 e. The van der Waals surface area contributed by atoms with Gasteiger partial charge in [-0.2, -0.15) is 0 Å². The second-order valence-corrected chi connectivity index (χ2v) is 11.6. The molecule has 0 bridgehead atoms. The molecule has 2 aromatic heterocycles. The second-order valence-electron chi connectivity index (χ2n) is 9.69. The number of amides is 1. The zero-order valence-corrected chi connectivity index (χ0v) is 21.5. The Morgan fingerprint density at radius 3 is 2.27 bits per heavy atom. The highest BCUT2D eigenvalue weighted by Gasteiger charge is 2.70. The van der Waals surface area contributed by atoms with Gasteiger partial charge in [-0.25, -0.2) is 0 Å². The molecule has 4 unspecified atom stereocenters. The summed E-state index contributed by atoms with van der Waals surface area (Å²) in [5, 5.41) is 6.81. The standard InChI is InChI=1S/C30H22N2O3S2/c1-17-16-24-30(19-9-3-4-10-20(19)31-29(30)35)25(27(33)22-12-6-14-36-22)26(28(34)23-13-7-15-37-23)32(24)21-11-5-2-8-18(17)21/h2-16,24-26H,1H3,(H,31,35). The number of carbonyl (C=O) groups is 3. The number of hydrogen-bond acceptors (Lipinski definition) is 6. The lowest BCUT2D eigenvalue weighted by molar-refractivity contribution is -0.121. The van der Waals surface area contributed by atoms with Crippen LogP contribution in [0.15, 0.2) is 89.6 Å². The van der Waals surface area contributed by atoms with E-state index < -0.39 is 23.4 Å². The van der Waals surface area contributed by atoms with Gasteiger partial charge in [0.25, 0.3) is 0 Å². The van der Waals surface area contributed by atoms with Gasteiger partial charge in [-0.3, -0.25) is 14.4 Å². The summed E-state index contributed by atoms with van der Waals surface area (Å²) in [5.41, 5.74) is 3.12. The number of hydrogen-bond donors (Lipinski definition) is 1. The quantitative estimate of drug-likeness (QED) is 0.331. The van der Waals surface area contributed by atoms with E-state index in [1.165, 1.54) is 22.7 Å². The van der Waals surface area contributed by atoms with Gasteiger partial charge in [0.2, 0.25) is 5.91 Å². The Morgan fingerprint density at radius 1 is 0.865 bits per heavy atom. The molecular formula is C30H22N2O3S2. The molecule has 2 aromatic carbocycles. The van der Waals surface area contributed by atoms with Crippen LogP contribution in [0.5, 0.6) is 0 Å². The minimum absolute atomic E-state index is 0.133. The predicted octanol–water partition coefficient (Wildman–Crippen LogP) is 6.06. The molecule has 1 saturated heterocycles. The molecule has 3 aliphatic heterocycles. The first-order valence-corrected chi connectivity index (χ1v) is 13.9. The first kappa shape index (κ1) is 22.4. The van der Waals surface area contributed by atoms with E-state index in [1.807, 2.05) is 78.3 Å². The maximum Gasteiger partial charge on any atom is 0.238 e. The fraction of sp³-hybridized carbons (Fsp3) is 0.167. The van der Waals surface area contributed by atoms with E-state index in [0.29, 0.717) is 15.4 Å². The molecule has 0 saturated carbocycles. The summed E-state index contributed by atoms with van der Waals surface area (Å²) in [4.78, 5) is 46.3. The van der Waals surface area contributed by atoms with Crippen LogP contribution in [0, 0.1) is 5.92 Å². The van der Waals surface area contributed by atoms with Crippen LogP contribution in [0.4, 0.5) is 11.4 Å². The van der Waals surface area contributed by atoms with Gasteiger partial charge in [0.15, 0.2) is 11.6 Å². The SMILES string of the molecule is CC1=CC2N(c3ccccc31)C(C(=O)c1cccs1)C(C(=O)c1cccs1)C21C(=O)Nc2ccccc21. The predicted molar refractivity (Wildman–Crippen MR) is 148 cm³/mol. The molecule has 1 N–H and O–H groups in total. The van der Waals surface area contributed by atoms with E-state index in [1.54, 1.807) is 12.1 Å². The Kier molecular flexibility index (Phi) is 4.90. The molecule has 182 valence electrons. The van der Waals surface area contributed by atoms with Crippen LogP contribution < -0.4 is 10.2 Å². The number of nitrogens with zero attached hydrogens (tertiary/aromatic N) is 1. The monoisotopic (exact) mass is 522 g/mol. The van der Waals surface area contributed by atoms with Gasteiger partial charge in [-0.05, 0) is 53.1 Å². The fourth-order valence-electron chi connectivity index (χ4n) is 6.52. The first-order chi connectivity index (χ1) is 18.0. The zero-order valence-electron chi connectivity index (χ0n) is 19.9. The average Bonchev–Trinajstić information content (AvgIpc) is 3.71. The first-order valence-electron chi connectivity index (χ1n) is 12.2. The van der Waals surface area contributed by atoms with Crippen molar-refractivity contribution in [2.75, 3.05) is 10.2 Å². The van der Waals surface area contributed by atoms with Crippen molar-refractivity contribution in [2.24, 2.45) is 5.92 Å². The number of anilines is 2. The summed E-state index contributed by atoms with van der Waals surface area (Å²) in [6.07, 6.45) is 2.08. The van der Waals surface area contributed by atoms with Gasteiger partial charge in [-0.1, -0.05) is 54.6 Å². The molecule has 1 spiro atoms. The van der Waals surface area contributed by atoms with Gasteiger partial charge >= 0.3 is 0 Å². The zero-order chi connectivity index (χ0) is 25.3. The molecule has 0 radical (unpaired) electrons. The van der Waals surface area contributed by atoms with Gasteiger partial charge in [-0.15, -0.1) is 22.7 Å². The normalized spacial score (nSPS) is 25.3. The maximum absolute atomic E-state index is 14.5. The number of fused-ring (bicyclic) bond motifs is 6. The lowest BCUT2D eigenvalue weighted by Crippen LogP contribution is -2.51. The molecule has 1 fully saturated rings. The fourth-order valence-corrected chi connectivity index (χ4v) is 7.93. The van der Waals surface area contributed by atoms with Crippen LogP contribution in [0.2, 0.25) is 0 Å². The molecule has 7 rings (SSSR count). The average molecular weight is 523 g/mol. The molecule has 4 aromatic rings. The van der Waals surface area contributed by atoms with Crippen molar-refractivity contribution in [1.82, 2.24) is 0 Å². The summed E-state index contributed by atoms with van der Waals surface area (Å²) in [5.74, 6) is -1.45.